The molecule has 25 heavy (non-hydrogen) atoms. The molecule has 1 unspecified atom stereocenters. The van der Waals surface area contributed by atoms with Crippen molar-refractivity contribution in [1.29, 1.82) is 0 Å². The summed E-state index contributed by atoms with van der Waals surface area (Å²) >= 11 is 0. The topological polar surface area (TPSA) is 110 Å². The first-order valence-corrected chi connectivity index (χ1v) is 8.80. The molecule has 3 amide bonds. The second-order valence-electron chi connectivity index (χ2n) is 7.07. The van der Waals surface area contributed by atoms with Crippen molar-refractivity contribution in [3.63, 3.8) is 0 Å². The summed E-state index contributed by atoms with van der Waals surface area (Å²) < 4.78 is 0. The second-order valence-corrected chi connectivity index (χ2v) is 7.07. The molecule has 0 radical (unpaired) electrons. The summed E-state index contributed by atoms with van der Waals surface area (Å²) in [5.74, 6) is -2.15. The number of likely N-dealkylation sites (N-methyl/N-ethyl adjacent to an activating group) is 1. The van der Waals surface area contributed by atoms with Gasteiger partial charge in [-0.3, -0.25) is 4.79 Å². The van der Waals surface area contributed by atoms with Gasteiger partial charge in [0.15, 0.2) is 0 Å². The van der Waals surface area contributed by atoms with Crippen LogP contribution in [0.5, 0.6) is 0 Å². The molecular weight excluding hydrogens is 326 g/mol. The number of aliphatic carboxylic acids is 1. The molecule has 1 saturated heterocycles. The standard InChI is InChI=1S/C17H25N3O5/c1-4-18-17(25)19(3)10-7-5-6-9-12(10)14(16(23)24)20-13(9)11(8(2)21)15(20)22/h8-11,13,21H,4-7H2,1-3H3,(H,18,25)(H,23,24)/t8?,9-,10-,11+,13+/m0/s1. The van der Waals surface area contributed by atoms with Gasteiger partial charge < -0.3 is 25.3 Å². The Morgan fingerprint density at radius 2 is 2.08 bits per heavy atom. The van der Waals surface area contributed by atoms with Crippen molar-refractivity contribution in [2.45, 2.75) is 51.3 Å². The average Bonchev–Trinajstić information content (AvgIpc) is 2.84. The highest BCUT2D eigenvalue weighted by atomic mass is 16.4. The van der Waals surface area contributed by atoms with E-state index in [9.17, 15) is 24.6 Å². The molecule has 2 aliphatic heterocycles. The van der Waals surface area contributed by atoms with E-state index in [2.05, 4.69) is 5.32 Å². The maximum atomic E-state index is 12.4. The fourth-order valence-corrected chi connectivity index (χ4v) is 4.68. The average molecular weight is 351 g/mol. The fourth-order valence-electron chi connectivity index (χ4n) is 4.68. The van der Waals surface area contributed by atoms with Crippen molar-refractivity contribution in [2.24, 2.45) is 11.8 Å². The first kappa shape index (κ1) is 17.7. The van der Waals surface area contributed by atoms with Gasteiger partial charge in [0.2, 0.25) is 5.91 Å². The van der Waals surface area contributed by atoms with Crippen LogP contribution in [-0.2, 0) is 9.59 Å². The minimum absolute atomic E-state index is 0.0118. The predicted molar refractivity (Wildman–Crippen MR) is 88.4 cm³/mol. The van der Waals surface area contributed by atoms with E-state index in [-0.39, 0.29) is 35.6 Å². The van der Waals surface area contributed by atoms with Crippen LogP contribution in [0.2, 0.25) is 0 Å². The second kappa shape index (κ2) is 6.33. The molecule has 1 saturated carbocycles. The molecule has 2 fully saturated rings. The van der Waals surface area contributed by atoms with Gasteiger partial charge in [-0.15, -0.1) is 0 Å². The summed E-state index contributed by atoms with van der Waals surface area (Å²) in [6, 6.07) is -0.901. The molecule has 0 aromatic rings. The summed E-state index contributed by atoms with van der Waals surface area (Å²) in [6.07, 6.45) is 1.47. The maximum Gasteiger partial charge on any atom is 0.352 e. The van der Waals surface area contributed by atoms with Gasteiger partial charge >= 0.3 is 12.0 Å². The Bertz CT molecular complexity index is 644. The lowest BCUT2D eigenvalue weighted by Crippen LogP contribution is -2.64. The molecule has 2 heterocycles. The SMILES string of the molecule is CCNC(=O)N(C)[C@H]1CCC[C@H]2C1=C(C(=O)O)N1C(=O)[C@H](C(C)O)[C@@H]21. The van der Waals surface area contributed by atoms with Gasteiger partial charge in [-0.2, -0.15) is 0 Å². The van der Waals surface area contributed by atoms with Crippen LogP contribution >= 0.6 is 0 Å². The van der Waals surface area contributed by atoms with Gasteiger partial charge in [-0.05, 0) is 32.3 Å². The number of carbonyl (C=O) groups excluding carboxylic acids is 2. The van der Waals surface area contributed by atoms with Crippen LogP contribution in [0, 0.1) is 11.8 Å². The number of hydrogen-bond acceptors (Lipinski definition) is 4. The van der Waals surface area contributed by atoms with E-state index >= 15 is 0 Å². The molecule has 0 bridgehead atoms. The monoisotopic (exact) mass is 351 g/mol. The van der Waals surface area contributed by atoms with Crippen molar-refractivity contribution in [3.8, 4) is 0 Å². The number of hydrogen-bond donors (Lipinski definition) is 3. The van der Waals surface area contributed by atoms with E-state index in [1.54, 1.807) is 18.9 Å². The molecule has 3 rings (SSSR count). The molecule has 3 aliphatic rings. The zero-order valence-electron chi connectivity index (χ0n) is 14.7. The lowest BCUT2D eigenvalue weighted by Gasteiger charge is -2.48. The Hall–Kier alpha value is -2.09. The third-order valence-corrected chi connectivity index (χ3v) is 5.70. The van der Waals surface area contributed by atoms with Gasteiger partial charge in [-0.1, -0.05) is 6.42 Å². The number of carboxylic acid groups (broad SMARTS) is 1. The lowest BCUT2D eigenvalue weighted by molar-refractivity contribution is -0.163. The molecule has 0 aromatic carbocycles. The number of nitrogens with zero attached hydrogens (tertiary/aromatic N) is 2. The van der Waals surface area contributed by atoms with Crippen LogP contribution in [0.15, 0.2) is 11.3 Å². The zero-order valence-corrected chi connectivity index (χ0v) is 14.7. The Kier molecular flexibility index (Phi) is 4.49. The number of aliphatic hydroxyl groups is 1. The van der Waals surface area contributed by atoms with E-state index in [0.29, 0.717) is 18.5 Å². The quantitative estimate of drug-likeness (QED) is 0.634. The molecule has 5 atom stereocenters. The first-order chi connectivity index (χ1) is 11.8. The number of fused-ring (bicyclic) bond motifs is 3. The molecule has 8 nitrogen and oxygen atoms in total. The molecule has 8 heteroatoms. The van der Waals surface area contributed by atoms with Gasteiger partial charge in [0.05, 0.1) is 24.1 Å². The van der Waals surface area contributed by atoms with E-state index in [1.165, 1.54) is 4.90 Å². The Labute approximate surface area is 146 Å². The van der Waals surface area contributed by atoms with Gasteiger partial charge in [-0.25, -0.2) is 9.59 Å². The number of carbonyl (C=O) groups is 3. The summed E-state index contributed by atoms with van der Waals surface area (Å²) in [6.45, 7) is 3.88. The van der Waals surface area contributed by atoms with Crippen LogP contribution in [0.25, 0.3) is 0 Å². The molecule has 0 spiro atoms. The number of urea groups is 1. The summed E-state index contributed by atoms with van der Waals surface area (Å²) in [5, 5.41) is 22.4. The fraction of sp³-hybridized carbons (Fsp3) is 0.706. The van der Waals surface area contributed by atoms with Gasteiger partial charge in [0.25, 0.3) is 0 Å². The van der Waals surface area contributed by atoms with Crippen molar-refractivity contribution in [1.82, 2.24) is 15.1 Å². The maximum absolute atomic E-state index is 12.4. The molecule has 3 N–H and O–H groups in total. The van der Waals surface area contributed by atoms with E-state index in [1.807, 2.05) is 6.92 Å². The highest BCUT2D eigenvalue weighted by Gasteiger charge is 2.62. The normalized spacial score (nSPS) is 31.8. The third-order valence-electron chi connectivity index (χ3n) is 5.70. The molecular formula is C17H25N3O5. The number of amides is 3. The Morgan fingerprint density at radius 1 is 1.40 bits per heavy atom. The van der Waals surface area contributed by atoms with Crippen molar-refractivity contribution < 1.29 is 24.6 Å². The van der Waals surface area contributed by atoms with Crippen LogP contribution in [-0.4, -0.2) is 69.7 Å². The summed E-state index contributed by atoms with van der Waals surface area (Å²) in [4.78, 5) is 39.5. The van der Waals surface area contributed by atoms with Crippen LogP contribution in [0.1, 0.15) is 33.1 Å². The smallest absolute Gasteiger partial charge is 0.352 e. The number of aliphatic hydroxyl groups excluding tert-OH is 1. The highest BCUT2D eigenvalue weighted by Crippen LogP contribution is 2.52. The summed E-state index contributed by atoms with van der Waals surface area (Å²) in [5.41, 5.74) is 0.673. The molecule has 1 aliphatic carbocycles. The van der Waals surface area contributed by atoms with Crippen molar-refractivity contribution >= 4 is 17.9 Å². The number of β-lactam (4-membered cyclic amide) rings is 1. The Morgan fingerprint density at radius 3 is 2.64 bits per heavy atom. The highest BCUT2D eigenvalue weighted by molar-refractivity contribution is 6.00. The zero-order chi connectivity index (χ0) is 18.5. The minimum Gasteiger partial charge on any atom is -0.477 e. The van der Waals surface area contributed by atoms with Crippen molar-refractivity contribution in [3.05, 3.63) is 11.3 Å². The summed E-state index contributed by atoms with van der Waals surface area (Å²) in [7, 11) is 1.66. The predicted octanol–water partition coefficient (Wildman–Crippen LogP) is 0.377. The number of rotatable bonds is 4. The minimum atomic E-state index is -1.14. The molecule has 138 valence electrons. The van der Waals surface area contributed by atoms with Crippen LogP contribution < -0.4 is 5.32 Å². The first-order valence-electron chi connectivity index (χ1n) is 8.80. The lowest BCUT2D eigenvalue weighted by atomic mass is 9.71. The van der Waals surface area contributed by atoms with E-state index < -0.39 is 18.0 Å². The van der Waals surface area contributed by atoms with Crippen LogP contribution in [0.4, 0.5) is 4.79 Å². The van der Waals surface area contributed by atoms with Crippen LogP contribution in [0.3, 0.4) is 0 Å². The van der Waals surface area contributed by atoms with E-state index in [0.717, 1.165) is 12.8 Å². The largest absolute Gasteiger partial charge is 0.477 e. The number of nitrogens with one attached hydrogen (secondary N) is 1. The number of carboxylic acids is 1. The van der Waals surface area contributed by atoms with Gasteiger partial charge in [0, 0.05) is 19.5 Å². The molecule has 0 aromatic heterocycles. The van der Waals surface area contributed by atoms with Crippen molar-refractivity contribution in [2.75, 3.05) is 13.6 Å². The third kappa shape index (κ3) is 2.50. The Balaban J connectivity index is 2.00. The van der Waals surface area contributed by atoms with E-state index in [4.69, 9.17) is 0 Å². The van der Waals surface area contributed by atoms with Gasteiger partial charge in [0.1, 0.15) is 5.70 Å².